The van der Waals surface area contributed by atoms with Crippen molar-refractivity contribution in [1.29, 1.82) is 0 Å². The van der Waals surface area contributed by atoms with Crippen LogP contribution in [0.5, 0.6) is 0 Å². The number of quaternary nitrogens is 1. The summed E-state index contributed by atoms with van der Waals surface area (Å²) >= 11 is 0. The van der Waals surface area contributed by atoms with Crippen molar-refractivity contribution in [1.82, 2.24) is 0 Å². The summed E-state index contributed by atoms with van der Waals surface area (Å²) in [6, 6.07) is 0. The normalized spacial score (nSPS) is 7.50. The summed E-state index contributed by atoms with van der Waals surface area (Å²) in [6.07, 6.45) is 0. The minimum Gasteiger partial charge on any atom is -1.00 e. The Balaban J connectivity index is -0.0000000267. The van der Waals surface area contributed by atoms with Gasteiger partial charge in [0.15, 0.2) is 0 Å². The maximum Gasteiger partial charge on any atom is 1.00 e. The van der Waals surface area contributed by atoms with E-state index in [1.807, 2.05) is 0 Å². The topological polar surface area (TPSA) is 27.6 Å². The van der Waals surface area contributed by atoms with Crippen molar-refractivity contribution in [2.75, 3.05) is 0 Å². The van der Waals surface area contributed by atoms with E-state index in [9.17, 15) is 0 Å². The van der Waals surface area contributed by atoms with Crippen LogP contribution in [0.4, 0.5) is 0 Å². The monoisotopic (exact) mass is 192 g/mol. The van der Waals surface area contributed by atoms with Gasteiger partial charge in [0.1, 0.15) is 0 Å². The van der Waals surface area contributed by atoms with Crippen molar-refractivity contribution in [3.05, 3.63) is 0 Å². The van der Waals surface area contributed by atoms with Gasteiger partial charge in [0.05, 0.1) is 5.54 Å². The third-order valence-corrected chi connectivity index (χ3v) is 0. The zero-order chi connectivity index (χ0) is 4.50. The second-order valence-electron chi connectivity index (χ2n) is 2.56. The number of hydrogen-bond acceptors (Lipinski definition) is 0. The molecule has 0 aromatic carbocycles. The maximum atomic E-state index is 3.77. The molecule has 0 aromatic rings. The van der Waals surface area contributed by atoms with Gasteiger partial charge >= 0.3 is 21.7 Å². The molecule has 0 unspecified atom stereocenters. The Morgan fingerprint density at radius 3 is 1.00 bits per heavy atom. The van der Waals surface area contributed by atoms with Gasteiger partial charge in [0, 0.05) is 0 Å². The molecule has 8 heavy (non-hydrogen) atoms. The van der Waals surface area contributed by atoms with Gasteiger partial charge in [-0.05, 0) is 20.8 Å². The van der Waals surface area contributed by atoms with E-state index in [2.05, 4.69) is 26.5 Å². The van der Waals surface area contributed by atoms with Gasteiger partial charge in [0.2, 0.25) is 0 Å². The maximum absolute atomic E-state index is 3.77. The van der Waals surface area contributed by atoms with Crippen molar-refractivity contribution < 1.29 is 52.3 Å². The minimum atomic E-state index is 0. The molecule has 0 spiro atoms. The predicted octanol–water partition coefficient (Wildman–Crippen LogP) is -5.97. The molecule has 0 aliphatic carbocycles. The Labute approximate surface area is 78.5 Å². The first kappa shape index (κ1) is 22.8. The minimum absolute atomic E-state index is 0. The Morgan fingerprint density at radius 2 is 1.00 bits per heavy atom. The van der Waals surface area contributed by atoms with Crippen LogP contribution in [0.3, 0.4) is 0 Å². The second kappa shape index (κ2) is 8.25. The standard InChI is InChI=1S/C4H11N.2ClH.Ti/c1-4(2,3)5;;;/h5H2,1-3H3;2*1H;/q;;;+1/p-1. The van der Waals surface area contributed by atoms with Crippen LogP contribution in [0.25, 0.3) is 0 Å². The summed E-state index contributed by atoms with van der Waals surface area (Å²) in [5.74, 6) is 0. The summed E-state index contributed by atoms with van der Waals surface area (Å²) in [7, 11) is 0. The molecule has 0 aromatic heterocycles. The molecule has 4 heteroatoms. The van der Waals surface area contributed by atoms with Gasteiger partial charge in [-0.25, -0.2) is 0 Å². The molecule has 0 bridgehead atoms. The van der Waals surface area contributed by atoms with Crippen molar-refractivity contribution in [3.8, 4) is 0 Å². The molecule has 0 saturated heterocycles. The van der Waals surface area contributed by atoms with E-state index in [4.69, 9.17) is 0 Å². The first-order valence-electron chi connectivity index (χ1n) is 1.85. The Morgan fingerprint density at radius 1 is 1.00 bits per heavy atom. The fourth-order valence-corrected chi connectivity index (χ4v) is 0. The molecule has 1 radical (unpaired) electrons. The molecule has 51 valence electrons. The van der Waals surface area contributed by atoms with E-state index in [0.717, 1.165) is 0 Å². The Hall–Kier alpha value is 1.25. The molecule has 0 fully saturated rings. The van der Waals surface area contributed by atoms with E-state index in [-0.39, 0.29) is 52.1 Å². The third kappa shape index (κ3) is 180. The first-order valence-corrected chi connectivity index (χ1v) is 1.85. The van der Waals surface area contributed by atoms with Crippen LogP contribution in [0, 0.1) is 0 Å². The number of hydrogen-bond donors (Lipinski definition) is 1. The van der Waals surface area contributed by atoms with E-state index in [1.54, 1.807) is 0 Å². The molecular weight excluding hydrogens is 181 g/mol. The zero-order valence-corrected chi connectivity index (χ0v) is 8.54. The summed E-state index contributed by atoms with van der Waals surface area (Å²) in [5.41, 5.74) is 4.02. The molecule has 0 saturated carbocycles. The molecule has 0 rings (SSSR count). The van der Waals surface area contributed by atoms with Crippen LogP contribution in [0.1, 0.15) is 20.8 Å². The molecular formula is C4H12Cl2NTi. The summed E-state index contributed by atoms with van der Waals surface area (Å²) in [4.78, 5) is 0. The SMILES string of the molecule is CC(C)(C)[NH3+].[Cl-].[Cl-].[Ti+]. The van der Waals surface area contributed by atoms with Gasteiger partial charge in [-0.3, -0.25) is 0 Å². The van der Waals surface area contributed by atoms with Crippen molar-refractivity contribution in [3.63, 3.8) is 0 Å². The quantitative estimate of drug-likeness (QED) is 0.371. The molecule has 0 atom stereocenters. The summed E-state index contributed by atoms with van der Waals surface area (Å²) in [5, 5.41) is 0. The largest absolute Gasteiger partial charge is 1.00 e. The van der Waals surface area contributed by atoms with Gasteiger partial charge in [-0.1, -0.05) is 0 Å². The third-order valence-electron chi connectivity index (χ3n) is 0. The van der Waals surface area contributed by atoms with Gasteiger partial charge in [-0.15, -0.1) is 0 Å². The van der Waals surface area contributed by atoms with Crippen LogP contribution in [-0.2, 0) is 21.7 Å². The Bertz CT molecular complexity index is 29.5. The molecule has 0 heterocycles. The van der Waals surface area contributed by atoms with Crippen LogP contribution in [0.2, 0.25) is 0 Å². The smallest absolute Gasteiger partial charge is 1.00 e. The van der Waals surface area contributed by atoms with E-state index < -0.39 is 0 Å². The van der Waals surface area contributed by atoms with E-state index in [0.29, 0.717) is 0 Å². The molecule has 0 aliphatic heterocycles. The number of rotatable bonds is 0. The van der Waals surface area contributed by atoms with Crippen LogP contribution < -0.4 is 30.5 Å². The van der Waals surface area contributed by atoms with Crippen molar-refractivity contribution in [2.24, 2.45) is 0 Å². The predicted molar refractivity (Wildman–Crippen MR) is 22.6 cm³/mol. The Kier molecular flexibility index (Phi) is 23.6. The van der Waals surface area contributed by atoms with Crippen molar-refractivity contribution >= 4 is 0 Å². The van der Waals surface area contributed by atoms with Gasteiger partial charge in [0.25, 0.3) is 0 Å². The van der Waals surface area contributed by atoms with Gasteiger partial charge < -0.3 is 30.5 Å². The molecule has 1 nitrogen and oxygen atoms in total. The fraction of sp³-hybridized carbons (Fsp3) is 1.00. The molecule has 3 N–H and O–H groups in total. The number of halogens is 2. The fourth-order valence-electron chi connectivity index (χ4n) is 0. The van der Waals surface area contributed by atoms with E-state index in [1.165, 1.54) is 0 Å². The van der Waals surface area contributed by atoms with Crippen molar-refractivity contribution in [2.45, 2.75) is 26.3 Å². The van der Waals surface area contributed by atoms with Crippen LogP contribution >= 0.6 is 0 Å². The molecule has 0 aliphatic rings. The van der Waals surface area contributed by atoms with Crippen LogP contribution in [-0.4, -0.2) is 5.54 Å². The summed E-state index contributed by atoms with van der Waals surface area (Å²) < 4.78 is 0. The molecule has 0 amide bonds. The average molecular weight is 193 g/mol. The summed E-state index contributed by atoms with van der Waals surface area (Å²) in [6.45, 7) is 6.23. The first-order chi connectivity index (χ1) is 2.00. The average Bonchev–Trinajstić information content (AvgIpc) is 0.722. The van der Waals surface area contributed by atoms with Crippen LogP contribution in [0.15, 0.2) is 0 Å². The zero-order valence-electron chi connectivity index (χ0n) is 5.46. The van der Waals surface area contributed by atoms with E-state index >= 15 is 0 Å². The second-order valence-corrected chi connectivity index (χ2v) is 2.56. The van der Waals surface area contributed by atoms with Gasteiger partial charge in [-0.2, -0.15) is 0 Å².